The molecule has 7 heteroatoms. The number of carbonyl (C=O) groups is 1. The topological polar surface area (TPSA) is 72.5 Å². The van der Waals surface area contributed by atoms with Gasteiger partial charge in [-0.05, 0) is 34.6 Å². The van der Waals surface area contributed by atoms with Gasteiger partial charge in [-0.2, -0.15) is 0 Å². The van der Waals surface area contributed by atoms with E-state index in [0.717, 1.165) is 0 Å². The zero-order valence-electron chi connectivity index (χ0n) is 14.2. The second kappa shape index (κ2) is 5.82. The van der Waals surface area contributed by atoms with Crippen molar-refractivity contribution in [2.45, 2.75) is 70.8 Å². The van der Waals surface area contributed by atoms with E-state index in [4.69, 9.17) is 28.4 Å². The van der Waals surface area contributed by atoms with Gasteiger partial charge in [0.2, 0.25) is 0 Å². The second-order valence-corrected chi connectivity index (χ2v) is 6.74. The second-order valence-electron chi connectivity index (χ2n) is 6.74. The average Bonchev–Trinajstić information content (AvgIpc) is 3.01. The Labute approximate surface area is 135 Å². The van der Waals surface area contributed by atoms with Crippen molar-refractivity contribution in [3.8, 4) is 0 Å². The number of carbonyl (C=O) groups excluding carboxylic acids is 1. The van der Waals surface area contributed by atoms with Gasteiger partial charge in [-0.25, -0.2) is 4.79 Å². The monoisotopic (exact) mass is 328 g/mol. The molecule has 23 heavy (non-hydrogen) atoms. The average molecular weight is 328 g/mol. The summed E-state index contributed by atoms with van der Waals surface area (Å²) >= 11 is 0. The van der Waals surface area contributed by atoms with Crippen LogP contribution in [0.1, 0.15) is 34.6 Å². The molecule has 130 valence electrons. The van der Waals surface area contributed by atoms with E-state index < -0.39 is 36.0 Å². The lowest BCUT2D eigenvalue weighted by Crippen LogP contribution is -2.35. The lowest BCUT2D eigenvalue weighted by Gasteiger charge is -2.25. The molecule has 0 saturated carbocycles. The van der Waals surface area contributed by atoms with Crippen molar-refractivity contribution >= 4 is 5.97 Å². The van der Waals surface area contributed by atoms with E-state index in [1.165, 1.54) is 6.08 Å². The Balaban J connectivity index is 1.83. The molecule has 3 rings (SSSR count). The van der Waals surface area contributed by atoms with Crippen molar-refractivity contribution in [3.05, 3.63) is 11.6 Å². The molecule has 0 bridgehead atoms. The first kappa shape index (κ1) is 16.9. The van der Waals surface area contributed by atoms with E-state index in [9.17, 15) is 4.79 Å². The number of fused-ring (bicyclic) bond motifs is 1. The first-order valence-electron chi connectivity index (χ1n) is 7.92. The minimum Gasteiger partial charge on any atom is -0.463 e. The minimum absolute atomic E-state index is 0.307. The van der Waals surface area contributed by atoms with E-state index in [-0.39, 0.29) is 6.10 Å². The van der Waals surface area contributed by atoms with Crippen molar-refractivity contribution < 1.29 is 33.2 Å². The van der Waals surface area contributed by atoms with Crippen LogP contribution in [0, 0.1) is 0 Å². The molecule has 0 N–H and O–H groups in total. The van der Waals surface area contributed by atoms with Crippen LogP contribution in [-0.2, 0) is 33.2 Å². The third-order valence-electron chi connectivity index (χ3n) is 3.93. The highest BCUT2D eigenvalue weighted by Gasteiger charge is 2.55. The highest BCUT2D eigenvalue weighted by atomic mass is 16.8. The number of hydrogen-bond donors (Lipinski definition) is 0. The molecule has 1 unspecified atom stereocenters. The predicted octanol–water partition coefficient (Wildman–Crippen LogP) is 1.50. The maximum atomic E-state index is 11.9. The van der Waals surface area contributed by atoms with E-state index in [2.05, 4.69) is 0 Å². The van der Waals surface area contributed by atoms with Crippen LogP contribution in [0.4, 0.5) is 0 Å². The molecule has 0 spiro atoms. The summed E-state index contributed by atoms with van der Waals surface area (Å²) in [6, 6.07) is 0. The van der Waals surface area contributed by atoms with Crippen molar-refractivity contribution in [3.63, 3.8) is 0 Å². The lowest BCUT2D eigenvalue weighted by atomic mass is 10.0. The largest absolute Gasteiger partial charge is 0.463 e. The molecular formula is C16H24O7. The number of esters is 1. The highest BCUT2D eigenvalue weighted by molar-refractivity contribution is 5.83. The first-order chi connectivity index (χ1) is 10.7. The maximum absolute atomic E-state index is 11.9. The molecule has 3 saturated heterocycles. The Bertz CT molecular complexity index is 511. The Kier molecular flexibility index (Phi) is 4.27. The van der Waals surface area contributed by atoms with Crippen LogP contribution in [-0.4, -0.2) is 55.4 Å². The SMILES string of the molecule is CCOC(=O)/C=C1/C([C@H]2COC(C)(C)O2)O[C@@H]2OC(C)(C)O[C@H]12. The van der Waals surface area contributed by atoms with Crippen molar-refractivity contribution in [1.29, 1.82) is 0 Å². The maximum Gasteiger partial charge on any atom is 0.330 e. The summed E-state index contributed by atoms with van der Waals surface area (Å²) in [5.41, 5.74) is 0.672. The first-order valence-corrected chi connectivity index (χ1v) is 7.92. The molecule has 3 aliphatic rings. The van der Waals surface area contributed by atoms with Gasteiger partial charge >= 0.3 is 5.97 Å². The molecular weight excluding hydrogens is 304 g/mol. The van der Waals surface area contributed by atoms with Crippen LogP contribution >= 0.6 is 0 Å². The van der Waals surface area contributed by atoms with E-state index in [1.807, 2.05) is 27.7 Å². The molecule has 0 aromatic heterocycles. The number of hydrogen-bond acceptors (Lipinski definition) is 7. The van der Waals surface area contributed by atoms with Crippen LogP contribution in [0.5, 0.6) is 0 Å². The van der Waals surface area contributed by atoms with Crippen LogP contribution in [0.3, 0.4) is 0 Å². The summed E-state index contributed by atoms with van der Waals surface area (Å²) in [6.45, 7) is 9.74. The summed E-state index contributed by atoms with van der Waals surface area (Å²) in [4.78, 5) is 11.9. The van der Waals surface area contributed by atoms with Gasteiger partial charge in [0.25, 0.3) is 0 Å². The normalized spacial score (nSPS) is 39.6. The molecule has 3 fully saturated rings. The van der Waals surface area contributed by atoms with Gasteiger partial charge in [0.1, 0.15) is 18.3 Å². The van der Waals surface area contributed by atoms with Crippen LogP contribution in [0.25, 0.3) is 0 Å². The molecule has 0 radical (unpaired) electrons. The van der Waals surface area contributed by atoms with Crippen molar-refractivity contribution in [2.24, 2.45) is 0 Å². The van der Waals surface area contributed by atoms with Crippen LogP contribution in [0.15, 0.2) is 11.6 Å². The standard InChI is InChI=1S/C16H24O7/c1-6-18-11(17)7-9-12(10-8-19-15(2,3)21-10)20-14-13(9)22-16(4,5)23-14/h7,10,12-14H,6,8H2,1-5H3/b9-7-/t10-,12?,13-,14-/m1/s1. The summed E-state index contributed by atoms with van der Waals surface area (Å²) in [5.74, 6) is -1.87. The summed E-state index contributed by atoms with van der Waals surface area (Å²) < 4.78 is 34.1. The van der Waals surface area contributed by atoms with Gasteiger partial charge in [0.15, 0.2) is 17.9 Å². The lowest BCUT2D eigenvalue weighted by molar-refractivity contribution is -0.215. The molecule has 7 nitrogen and oxygen atoms in total. The third-order valence-corrected chi connectivity index (χ3v) is 3.93. The molecule has 0 aromatic carbocycles. The van der Waals surface area contributed by atoms with Gasteiger partial charge in [0.05, 0.1) is 13.2 Å². The zero-order chi connectivity index (χ0) is 16.8. The van der Waals surface area contributed by atoms with E-state index in [0.29, 0.717) is 18.8 Å². The fraction of sp³-hybridized carbons (Fsp3) is 0.812. The van der Waals surface area contributed by atoms with Crippen LogP contribution < -0.4 is 0 Å². The predicted molar refractivity (Wildman–Crippen MR) is 78.3 cm³/mol. The van der Waals surface area contributed by atoms with Crippen molar-refractivity contribution in [1.82, 2.24) is 0 Å². The van der Waals surface area contributed by atoms with Gasteiger partial charge in [-0.3, -0.25) is 0 Å². The molecule has 3 heterocycles. The van der Waals surface area contributed by atoms with Crippen LogP contribution in [0.2, 0.25) is 0 Å². The number of ether oxygens (including phenoxy) is 6. The molecule has 4 atom stereocenters. The summed E-state index contributed by atoms with van der Waals surface area (Å²) in [5, 5.41) is 0. The third kappa shape index (κ3) is 3.44. The van der Waals surface area contributed by atoms with E-state index in [1.54, 1.807) is 6.92 Å². The van der Waals surface area contributed by atoms with Gasteiger partial charge in [-0.15, -0.1) is 0 Å². The van der Waals surface area contributed by atoms with Gasteiger partial charge < -0.3 is 28.4 Å². The minimum atomic E-state index is -0.764. The summed E-state index contributed by atoms with van der Waals surface area (Å²) in [7, 11) is 0. The smallest absolute Gasteiger partial charge is 0.330 e. The Morgan fingerprint density at radius 1 is 1.17 bits per heavy atom. The van der Waals surface area contributed by atoms with Crippen molar-refractivity contribution in [2.75, 3.05) is 13.2 Å². The Morgan fingerprint density at radius 2 is 1.91 bits per heavy atom. The van der Waals surface area contributed by atoms with E-state index >= 15 is 0 Å². The Morgan fingerprint density at radius 3 is 2.52 bits per heavy atom. The van der Waals surface area contributed by atoms with Gasteiger partial charge in [-0.1, -0.05) is 0 Å². The summed E-state index contributed by atoms with van der Waals surface area (Å²) in [6.07, 6.45) is -0.383. The molecule has 0 aromatic rings. The fourth-order valence-corrected chi connectivity index (χ4v) is 3.09. The highest BCUT2D eigenvalue weighted by Crippen LogP contribution is 2.43. The Hall–Kier alpha value is -0.990. The zero-order valence-corrected chi connectivity index (χ0v) is 14.2. The quantitative estimate of drug-likeness (QED) is 0.574. The molecule has 0 amide bonds. The fourth-order valence-electron chi connectivity index (χ4n) is 3.09. The van der Waals surface area contributed by atoms with Gasteiger partial charge in [0, 0.05) is 11.6 Å². The number of rotatable bonds is 3. The molecule has 3 aliphatic heterocycles. The molecule has 0 aliphatic carbocycles.